The van der Waals surface area contributed by atoms with Gasteiger partial charge in [-0.3, -0.25) is 14.4 Å². The van der Waals surface area contributed by atoms with E-state index in [4.69, 9.17) is 4.74 Å². The molecule has 0 saturated carbocycles. The first-order valence-electron chi connectivity index (χ1n) is 11.0. The van der Waals surface area contributed by atoms with E-state index < -0.39 is 0 Å². The number of nitrogens with one attached hydrogen (secondary N) is 3. The molecule has 0 saturated heterocycles. The van der Waals surface area contributed by atoms with Crippen molar-refractivity contribution in [3.05, 3.63) is 53.5 Å². The van der Waals surface area contributed by atoms with Crippen molar-refractivity contribution in [3.8, 4) is 5.75 Å². The zero-order chi connectivity index (χ0) is 25.5. The van der Waals surface area contributed by atoms with Crippen molar-refractivity contribution >= 4 is 78.9 Å². The summed E-state index contributed by atoms with van der Waals surface area (Å²) in [5, 5.41) is 10.6. The summed E-state index contributed by atoms with van der Waals surface area (Å²) in [5.41, 5.74) is 2.62. The van der Waals surface area contributed by atoms with E-state index in [2.05, 4.69) is 25.9 Å². The van der Waals surface area contributed by atoms with Gasteiger partial charge in [0.2, 0.25) is 17.7 Å². The van der Waals surface area contributed by atoms with E-state index in [1.165, 1.54) is 41.4 Å². The van der Waals surface area contributed by atoms with Gasteiger partial charge in [-0.1, -0.05) is 29.2 Å². The standard InChI is InChI=1S/C24H23N5O4S3/c1-3-33-18-7-8-19-20(11-18)36-23(28-19)29-21(31)10-17-12-34-24(27-17)35-13-22(32)26-16-6-4-5-15(9-16)25-14(2)30/h4-9,11-12H,3,10,13H2,1-2H3,(H,25,30)(H,26,32)(H,28,29,31). The maximum atomic E-state index is 12.5. The summed E-state index contributed by atoms with van der Waals surface area (Å²) in [6.45, 7) is 3.93. The average Bonchev–Trinajstić information content (AvgIpc) is 3.43. The number of hydrogen-bond donors (Lipinski definition) is 3. The van der Waals surface area contributed by atoms with Crippen molar-refractivity contribution in [2.24, 2.45) is 0 Å². The maximum Gasteiger partial charge on any atom is 0.234 e. The molecule has 4 aromatic rings. The monoisotopic (exact) mass is 541 g/mol. The molecule has 0 aliphatic heterocycles. The van der Waals surface area contributed by atoms with Crippen LogP contribution in [0.15, 0.2) is 52.2 Å². The van der Waals surface area contributed by atoms with Crippen molar-refractivity contribution in [1.29, 1.82) is 0 Å². The fourth-order valence-corrected chi connectivity index (χ4v) is 5.74. The summed E-state index contributed by atoms with van der Waals surface area (Å²) in [6.07, 6.45) is 0.110. The third-order valence-corrected chi connectivity index (χ3v) is 7.59. The van der Waals surface area contributed by atoms with E-state index in [1.54, 1.807) is 24.3 Å². The number of anilines is 3. The highest BCUT2D eigenvalue weighted by Crippen LogP contribution is 2.29. The number of thiazole rings is 2. The lowest BCUT2D eigenvalue weighted by Gasteiger charge is -2.07. The van der Waals surface area contributed by atoms with Gasteiger partial charge < -0.3 is 20.7 Å². The van der Waals surface area contributed by atoms with Crippen molar-refractivity contribution < 1.29 is 19.1 Å². The molecule has 12 heteroatoms. The molecule has 3 N–H and O–H groups in total. The van der Waals surface area contributed by atoms with Gasteiger partial charge in [0.05, 0.1) is 34.7 Å². The molecule has 0 fully saturated rings. The SMILES string of the molecule is CCOc1ccc2nc(NC(=O)Cc3csc(SCC(=O)Nc4cccc(NC(C)=O)c4)n3)sc2c1. The van der Waals surface area contributed by atoms with Crippen molar-refractivity contribution in [2.75, 3.05) is 28.3 Å². The van der Waals surface area contributed by atoms with Gasteiger partial charge in [0.15, 0.2) is 9.47 Å². The number of carbonyl (C=O) groups excluding carboxylic acids is 3. The summed E-state index contributed by atoms with van der Waals surface area (Å²) < 4.78 is 7.14. The Labute approximate surface area is 219 Å². The van der Waals surface area contributed by atoms with E-state index in [9.17, 15) is 14.4 Å². The van der Waals surface area contributed by atoms with Gasteiger partial charge in [-0.05, 0) is 43.3 Å². The normalized spacial score (nSPS) is 10.7. The van der Waals surface area contributed by atoms with Gasteiger partial charge in [0.1, 0.15) is 5.75 Å². The Bertz CT molecular complexity index is 1400. The zero-order valence-corrected chi connectivity index (χ0v) is 21.9. The maximum absolute atomic E-state index is 12.5. The first kappa shape index (κ1) is 25.6. The van der Waals surface area contributed by atoms with Crippen LogP contribution in [0.2, 0.25) is 0 Å². The highest BCUT2D eigenvalue weighted by atomic mass is 32.2. The number of ether oxygens (including phenoxy) is 1. The van der Waals surface area contributed by atoms with Crippen LogP contribution in [0.3, 0.4) is 0 Å². The predicted molar refractivity (Wildman–Crippen MR) is 145 cm³/mol. The molecule has 2 aromatic carbocycles. The molecule has 0 aliphatic carbocycles. The molecule has 36 heavy (non-hydrogen) atoms. The Hall–Kier alpha value is -3.48. The molecular weight excluding hydrogens is 518 g/mol. The number of benzene rings is 2. The molecule has 0 unspecified atom stereocenters. The second-order valence-corrected chi connectivity index (χ2v) is 10.6. The van der Waals surface area contributed by atoms with Crippen LogP contribution in [-0.2, 0) is 20.8 Å². The molecule has 0 radical (unpaired) electrons. The van der Waals surface area contributed by atoms with Gasteiger partial charge in [0.25, 0.3) is 0 Å². The van der Waals surface area contributed by atoms with Crippen LogP contribution < -0.4 is 20.7 Å². The van der Waals surface area contributed by atoms with Gasteiger partial charge in [0, 0.05) is 23.7 Å². The largest absolute Gasteiger partial charge is 0.494 e. The minimum absolute atomic E-state index is 0.110. The summed E-state index contributed by atoms with van der Waals surface area (Å²) in [7, 11) is 0. The van der Waals surface area contributed by atoms with Crippen LogP contribution in [0, 0.1) is 0 Å². The molecular formula is C24H23N5O4S3. The number of hydrogen-bond acceptors (Lipinski definition) is 9. The number of thioether (sulfide) groups is 1. The van der Waals surface area contributed by atoms with Gasteiger partial charge in [-0.15, -0.1) is 11.3 Å². The second-order valence-electron chi connectivity index (χ2n) is 7.51. The predicted octanol–water partition coefficient (Wildman–Crippen LogP) is 5.02. The number of amides is 3. The quantitative estimate of drug-likeness (QED) is 0.241. The molecule has 186 valence electrons. The molecule has 0 atom stereocenters. The third-order valence-electron chi connectivity index (χ3n) is 4.58. The molecule has 9 nitrogen and oxygen atoms in total. The van der Waals surface area contributed by atoms with Crippen LogP contribution in [-0.4, -0.2) is 40.0 Å². The fourth-order valence-electron chi connectivity index (χ4n) is 3.18. The summed E-state index contributed by atoms with van der Waals surface area (Å²) in [4.78, 5) is 44.9. The summed E-state index contributed by atoms with van der Waals surface area (Å²) in [6, 6.07) is 12.6. The highest BCUT2D eigenvalue weighted by Gasteiger charge is 2.13. The van der Waals surface area contributed by atoms with Crippen LogP contribution in [0.25, 0.3) is 10.2 Å². The summed E-state index contributed by atoms with van der Waals surface area (Å²) in [5.74, 6) is 0.346. The Kier molecular flexibility index (Phi) is 8.52. The molecule has 0 bridgehead atoms. The zero-order valence-electron chi connectivity index (χ0n) is 19.5. The fraction of sp³-hybridized carbons (Fsp3) is 0.208. The van der Waals surface area contributed by atoms with Gasteiger partial charge >= 0.3 is 0 Å². The second kappa shape index (κ2) is 12.0. The summed E-state index contributed by atoms with van der Waals surface area (Å²) >= 11 is 4.06. The average molecular weight is 542 g/mol. The molecule has 2 heterocycles. The van der Waals surface area contributed by atoms with E-state index in [0.717, 1.165) is 16.0 Å². The molecule has 4 rings (SSSR count). The van der Waals surface area contributed by atoms with Crippen molar-refractivity contribution in [3.63, 3.8) is 0 Å². The van der Waals surface area contributed by atoms with Crippen LogP contribution >= 0.6 is 34.4 Å². The lowest BCUT2D eigenvalue weighted by atomic mass is 10.2. The van der Waals surface area contributed by atoms with E-state index in [1.807, 2.05) is 30.5 Å². The third kappa shape index (κ3) is 7.26. The van der Waals surface area contributed by atoms with E-state index in [-0.39, 0.29) is 29.9 Å². The number of nitrogens with zero attached hydrogens (tertiary/aromatic N) is 2. The van der Waals surface area contributed by atoms with E-state index in [0.29, 0.717) is 33.1 Å². The van der Waals surface area contributed by atoms with Crippen molar-refractivity contribution in [2.45, 2.75) is 24.6 Å². The van der Waals surface area contributed by atoms with Gasteiger partial charge in [-0.25, -0.2) is 9.97 Å². The lowest BCUT2D eigenvalue weighted by Crippen LogP contribution is -2.15. The number of fused-ring (bicyclic) bond motifs is 1. The number of rotatable bonds is 10. The van der Waals surface area contributed by atoms with Crippen molar-refractivity contribution in [1.82, 2.24) is 9.97 Å². The first-order chi connectivity index (χ1) is 17.4. The van der Waals surface area contributed by atoms with Crippen LogP contribution in [0.4, 0.5) is 16.5 Å². The molecule has 3 amide bonds. The lowest BCUT2D eigenvalue weighted by molar-refractivity contribution is -0.116. The van der Waals surface area contributed by atoms with Crippen LogP contribution in [0.5, 0.6) is 5.75 Å². The molecule has 2 aromatic heterocycles. The number of carbonyl (C=O) groups is 3. The minimum atomic E-state index is -0.210. The minimum Gasteiger partial charge on any atom is -0.494 e. The topological polar surface area (TPSA) is 122 Å². The smallest absolute Gasteiger partial charge is 0.234 e. The van der Waals surface area contributed by atoms with Crippen LogP contribution in [0.1, 0.15) is 19.5 Å². The first-order valence-corrected chi connectivity index (χ1v) is 13.6. The number of aromatic nitrogens is 2. The van der Waals surface area contributed by atoms with E-state index >= 15 is 0 Å². The highest BCUT2D eigenvalue weighted by molar-refractivity contribution is 8.01. The Morgan fingerprint density at radius 1 is 1.00 bits per heavy atom. The Balaban J connectivity index is 1.26. The van der Waals surface area contributed by atoms with Gasteiger partial charge in [-0.2, -0.15) is 0 Å². The Morgan fingerprint density at radius 3 is 2.58 bits per heavy atom. The molecule has 0 aliphatic rings. The Morgan fingerprint density at radius 2 is 1.81 bits per heavy atom. The molecule has 0 spiro atoms.